The molecule has 0 radical (unpaired) electrons. The molecule has 3 N–H and O–H groups in total. The molecule has 0 aromatic carbocycles. The lowest BCUT2D eigenvalue weighted by Gasteiger charge is -2.16. The fraction of sp³-hybridized carbons (Fsp3) is 0.353. The Morgan fingerprint density at radius 3 is 2.52 bits per heavy atom. The minimum absolute atomic E-state index is 0.0380. The maximum absolute atomic E-state index is 12.5. The number of rotatable bonds is 7. The Hall–Kier alpha value is -3.03. The standard InChI is InChI=1S/C17H22N4O4/c1-3-9-20-15(18)14(16(23)21(10-4-2)17(20)24)19-13(22)8-7-12-6-5-11-25-12/h5-8,11H,3-4,9-10,18H2,1-2H3,(H,19,22)/b8-7+. The third-order valence-corrected chi connectivity index (χ3v) is 3.55. The molecular weight excluding hydrogens is 324 g/mol. The highest BCUT2D eigenvalue weighted by Crippen LogP contribution is 2.12. The average Bonchev–Trinajstić information content (AvgIpc) is 3.11. The molecule has 25 heavy (non-hydrogen) atoms. The molecule has 0 atom stereocenters. The first kappa shape index (κ1) is 18.3. The maximum Gasteiger partial charge on any atom is 0.332 e. The number of hydrogen-bond acceptors (Lipinski definition) is 5. The number of anilines is 2. The summed E-state index contributed by atoms with van der Waals surface area (Å²) in [5.74, 6) is -0.0728. The van der Waals surface area contributed by atoms with Crippen molar-refractivity contribution in [1.29, 1.82) is 0 Å². The van der Waals surface area contributed by atoms with Crippen LogP contribution in [-0.2, 0) is 17.9 Å². The SMILES string of the molecule is CCCn1c(N)c(NC(=O)/C=C/c2ccco2)c(=O)n(CCC)c1=O. The van der Waals surface area contributed by atoms with E-state index in [9.17, 15) is 14.4 Å². The molecule has 0 saturated heterocycles. The Labute approximate surface area is 144 Å². The van der Waals surface area contributed by atoms with Crippen molar-refractivity contribution in [3.63, 3.8) is 0 Å². The Morgan fingerprint density at radius 1 is 1.24 bits per heavy atom. The molecule has 0 fully saturated rings. The van der Waals surface area contributed by atoms with E-state index in [1.54, 1.807) is 12.1 Å². The van der Waals surface area contributed by atoms with Gasteiger partial charge in [-0.25, -0.2) is 4.79 Å². The predicted molar refractivity (Wildman–Crippen MR) is 96.3 cm³/mol. The zero-order valence-corrected chi connectivity index (χ0v) is 14.3. The Morgan fingerprint density at radius 2 is 1.92 bits per heavy atom. The number of nitrogens with one attached hydrogen (secondary N) is 1. The molecule has 134 valence electrons. The number of amides is 1. The van der Waals surface area contributed by atoms with Crippen LogP contribution in [0.5, 0.6) is 0 Å². The van der Waals surface area contributed by atoms with E-state index in [0.29, 0.717) is 25.1 Å². The van der Waals surface area contributed by atoms with Gasteiger partial charge in [0.2, 0.25) is 5.91 Å². The van der Waals surface area contributed by atoms with Crippen molar-refractivity contribution < 1.29 is 9.21 Å². The van der Waals surface area contributed by atoms with Crippen molar-refractivity contribution in [3.8, 4) is 0 Å². The lowest BCUT2D eigenvalue weighted by molar-refractivity contribution is -0.111. The zero-order chi connectivity index (χ0) is 18.4. The highest BCUT2D eigenvalue weighted by molar-refractivity contribution is 6.02. The van der Waals surface area contributed by atoms with Gasteiger partial charge in [-0.05, 0) is 31.1 Å². The summed E-state index contributed by atoms with van der Waals surface area (Å²) in [6, 6.07) is 3.38. The van der Waals surface area contributed by atoms with E-state index in [1.165, 1.54) is 23.0 Å². The molecule has 0 spiro atoms. The van der Waals surface area contributed by atoms with Crippen LogP contribution in [0, 0.1) is 0 Å². The van der Waals surface area contributed by atoms with Crippen molar-refractivity contribution in [1.82, 2.24) is 9.13 Å². The summed E-state index contributed by atoms with van der Waals surface area (Å²) in [5.41, 5.74) is 4.82. The van der Waals surface area contributed by atoms with Crippen LogP contribution in [-0.4, -0.2) is 15.0 Å². The summed E-state index contributed by atoms with van der Waals surface area (Å²) in [5, 5.41) is 2.48. The molecule has 2 aromatic rings. The van der Waals surface area contributed by atoms with Gasteiger partial charge in [0, 0.05) is 19.2 Å². The van der Waals surface area contributed by atoms with E-state index in [-0.39, 0.29) is 18.1 Å². The second kappa shape index (κ2) is 8.18. The molecule has 0 aliphatic rings. The van der Waals surface area contributed by atoms with Gasteiger partial charge < -0.3 is 15.5 Å². The number of carbonyl (C=O) groups is 1. The summed E-state index contributed by atoms with van der Waals surface area (Å²) in [6.07, 6.45) is 5.46. The molecule has 2 rings (SSSR count). The first-order valence-corrected chi connectivity index (χ1v) is 8.15. The molecule has 2 aromatic heterocycles. The van der Waals surface area contributed by atoms with E-state index < -0.39 is 17.2 Å². The highest BCUT2D eigenvalue weighted by Gasteiger charge is 2.17. The van der Waals surface area contributed by atoms with Gasteiger partial charge in [0.05, 0.1) is 6.26 Å². The lowest BCUT2D eigenvalue weighted by Crippen LogP contribution is -2.42. The van der Waals surface area contributed by atoms with Crippen LogP contribution in [0.2, 0.25) is 0 Å². The summed E-state index contributed by atoms with van der Waals surface area (Å²) in [4.78, 5) is 37.1. The molecule has 1 amide bonds. The normalized spacial score (nSPS) is 11.1. The third kappa shape index (κ3) is 4.09. The van der Waals surface area contributed by atoms with Crippen molar-refractivity contribution in [2.75, 3.05) is 11.1 Å². The number of nitrogens with two attached hydrogens (primary N) is 1. The van der Waals surface area contributed by atoms with E-state index in [4.69, 9.17) is 10.2 Å². The highest BCUT2D eigenvalue weighted by atomic mass is 16.3. The van der Waals surface area contributed by atoms with Crippen LogP contribution < -0.4 is 22.3 Å². The van der Waals surface area contributed by atoms with Gasteiger partial charge in [-0.15, -0.1) is 0 Å². The van der Waals surface area contributed by atoms with Crippen LogP contribution in [0.3, 0.4) is 0 Å². The van der Waals surface area contributed by atoms with Crippen molar-refractivity contribution in [3.05, 3.63) is 51.1 Å². The van der Waals surface area contributed by atoms with E-state index in [0.717, 1.165) is 4.57 Å². The van der Waals surface area contributed by atoms with Gasteiger partial charge in [0.25, 0.3) is 5.56 Å². The molecule has 0 aliphatic carbocycles. The van der Waals surface area contributed by atoms with E-state index in [2.05, 4.69) is 5.32 Å². The second-order valence-electron chi connectivity index (χ2n) is 5.49. The molecule has 0 saturated carbocycles. The Balaban J connectivity index is 2.40. The Kier molecular flexibility index (Phi) is 5.99. The summed E-state index contributed by atoms with van der Waals surface area (Å²) in [6.45, 7) is 4.37. The van der Waals surface area contributed by atoms with Crippen molar-refractivity contribution >= 4 is 23.5 Å². The fourth-order valence-electron chi connectivity index (χ4n) is 2.40. The van der Waals surface area contributed by atoms with Crippen molar-refractivity contribution in [2.45, 2.75) is 39.8 Å². The van der Waals surface area contributed by atoms with Crippen LogP contribution in [0.25, 0.3) is 6.08 Å². The number of hydrogen-bond donors (Lipinski definition) is 2. The van der Waals surface area contributed by atoms with Gasteiger partial charge in [-0.2, -0.15) is 0 Å². The molecule has 0 aliphatic heterocycles. The molecule has 0 unspecified atom stereocenters. The van der Waals surface area contributed by atoms with Gasteiger partial charge >= 0.3 is 5.69 Å². The first-order valence-electron chi connectivity index (χ1n) is 8.15. The molecule has 2 heterocycles. The van der Waals surface area contributed by atoms with Gasteiger partial charge in [-0.1, -0.05) is 13.8 Å². The van der Waals surface area contributed by atoms with Gasteiger partial charge in [0.15, 0.2) is 0 Å². The minimum Gasteiger partial charge on any atom is -0.465 e. The number of nitrogens with zero attached hydrogens (tertiary/aromatic N) is 2. The monoisotopic (exact) mass is 346 g/mol. The largest absolute Gasteiger partial charge is 0.465 e. The smallest absolute Gasteiger partial charge is 0.332 e. The average molecular weight is 346 g/mol. The van der Waals surface area contributed by atoms with Gasteiger partial charge in [-0.3, -0.25) is 18.7 Å². The Bertz CT molecular complexity index is 875. The summed E-state index contributed by atoms with van der Waals surface area (Å²) in [7, 11) is 0. The summed E-state index contributed by atoms with van der Waals surface area (Å²) < 4.78 is 7.50. The topological polar surface area (TPSA) is 112 Å². The van der Waals surface area contributed by atoms with Crippen LogP contribution in [0.1, 0.15) is 32.4 Å². The molecular formula is C17H22N4O4. The van der Waals surface area contributed by atoms with E-state index >= 15 is 0 Å². The maximum atomic E-state index is 12.5. The predicted octanol–water partition coefficient (Wildman–Crippen LogP) is 1.66. The lowest BCUT2D eigenvalue weighted by atomic mass is 10.3. The number of aromatic nitrogens is 2. The third-order valence-electron chi connectivity index (χ3n) is 3.55. The van der Waals surface area contributed by atoms with E-state index in [1.807, 2.05) is 13.8 Å². The first-order chi connectivity index (χ1) is 12.0. The number of furan rings is 1. The molecule has 8 heteroatoms. The van der Waals surface area contributed by atoms with Crippen LogP contribution in [0.15, 0.2) is 38.5 Å². The van der Waals surface area contributed by atoms with Crippen LogP contribution in [0.4, 0.5) is 11.5 Å². The molecule has 0 bridgehead atoms. The van der Waals surface area contributed by atoms with Crippen LogP contribution >= 0.6 is 0 Å². The number of nitrogen functional groups attached to an aromatic ring is 1. The zero-order valence-electron chi connectivity index (χ0n) is 14.3. The minimum atomic E-state index is -0.601. The quantitative estimate of drug-likeness (QED) is 0.740. The second-order valence-corrected chi connectivity index (χ2v) is 5.49. The summed E-state index contributed by atoms with van der Waals surface area (Å²) >= 11 is 0. The number of carbonyl (C=O) groups excluding carboxylic acids is 1. The van der Waals surface area contributed by atoms with Crippen molar-refractivity contribution in [2.24, 2.45) is 0 Å². The van der Waals surface area contributed by atoms with Gasteiger partial charge in [0.1, 0.15) is 17.3 Å². The molecule has 8 nitrogen and oxygen atoms in total. The fourth-order valence-corrected chi connectivity index (χ4v) is 2.40.